The number of rotatable bonds is 4. The predicted octanol–water partition coefficient (Wildman–Crippen LogP) is 3.11. The quantitative estimate of drug-likeness (QED) is 0.855. The number of H-pyrrole nitrogens is 1. The Morgan fingerprint density at radius 3 is 2.42 bits per heavy atom. The van der Waals surface area contributed by atoms with Crippen LogP contribution in [0.15, 0.2) is 24.3 Å². The zero-order valence-electron chi connectivity index (χ0n) is 15.5. The van der Waals surface area contributed by atoms with E-state index in [0.717, 1.165) is 48.7 Å². The van der Waals surface area contributed by atoms with Gasteiger partial charge in [-0.15, -0.1) is 0 Å². The van der Waals surface area contributed by atoms with Crippen molar-refractivity contribution in [3.8, 4) is 11.4 Å². The van der Waals surface area contributed by atoms with Crippen molar-refractivity contribution in [2.24, 2.45) is 5.92 Å². The molecule has 1 aliphatic heterocycles. The second kappa shape index (κ2) is 7.72. The molecule has 1 amide bonds. The molecule has 138 valence electrons. The van der Waals surface area contributed by atoms with Crippen LogP contribution < -0.4 is 0 Å². The van der Waals surface area contributed by atoms with Crippen molar-refractivity contribution in [2.45, 2.75) is 33.6 Å². The summed E-state index contributed by atoms with van der Waals surface area (Å²) in [5, 5.41) is 0. The molecule has 0 spiro atoms. The maximum absolute atomic E-state index is 12.2. The number of esters is 1. The summed E-state index contributed by atoms with van der Waals surface area (Å²) in [4.78, 5) is 33.8. The summed E-state index contributed by atoms with van der Waals surface area (Å²) in [6.45, 7) is 7.39. The van der Waals surface area contributed by atoms with Gasteiger partial charge in [-0.2, -0.15) is 0 Å². The van der Waals surface area contributed by atoms with Gasteiger partial charge < -0.3 is 14.6 Å². The highest BCUT2D eigenvalue weighted by Gasteiger charge is 2.21. The second-order valence-electron chi connectivity index (χ2n) is 7.01. The fourth-order valence-corrected chi connectivity index (χ4v) is 3.01. The summed E-state index contributed by atoms with van der Waals surface area (Å²) in [7, 11) is 0. The van der Waals surface area contributed by atoms with Gasteiger partial charge >= 0.3 is 5.97 Å². The van der Waals surface area contributed by atoms with E-state index < -0.39 is 5.97 Å². The van der Waals surface area contributed by atoms with Crippen LogP contribution in [0.25, 0.3) is 11.4 Å². The molecular weight excluding hydrogens is 330 g/mol. The first-order chi connectivity index (χ1) is 12.4. The number of hydrogen-bond donors (Lipinski definition) is 1. The number of aryl methyl sites for hydroxylation is 2. The fraction of sp³-hybridized carbons (Fsp3) is 0.450. The van der Waals surface area contributed by atoms with Gasteiger partial charge in [-0.25, -0.2) is 9.78 Å². The van der Waals surface area contributed by atoms with Crippen molar-refractivity contribution in [1.82, 2.24) is 14.9 Å². The molecule has 2 aromatic rings. The molecule has 6 heteroatoms. The number of carbonyl (C=O) groups is 2. The molecule has 6 nitrogen and oxygen atoms in total. The molecule has 1 aromatic heterocycles. The maximum Gasteiger partial charge on any atom is 0.338 e. The number of amides is 1. The molecule has 1 saturated heterocycles. The van der Waals surface area contributed by atoms with E-state index in [-0.39, 0.29) is 12.5 Å². The standard InChI is InChI=1S/C20H25N3O3/c1-13-8-10-23(11-9-13)18(24)12-26-20(25)17-6-4-16(5-7-17)19-21-14(2)15(3)22-19/h4-7,13H,8-12H2,1-3H3,(H,21,22). The minimum Gasteiger partial charge on any atom is -0.452 e. The monoisotopic (exact) mass is 355 g/mol. The Morgan fingerprint density at radius 1 is 1.19 bits per heavy atom. The van der Waals surface area contributed by atoms with Crippen molar-refractivity contribution >= 4 is 11.9 Å². The van der Waals surface area contributed by atoms with Crippen LogP contribution in [0.2, 0.25) is 0 Å². The van der Waals surface area contributed by atoms with Gasteiger partial charge in [0.25, 0.3) is 5.91 Å². The van der Waals surface area contributed by atoms with Crippen molar-refractivity contribution in [3.05, 3.63) is 41.2 Å². The van der Waals surface area contributed by atoms with Crippen molar-refractivity contribution in [3.63, 3.8) is 0 Å². The number of ether oxygens (including phenoxy) is 1. The molecule has 0 unspecified atom stereocenters. The average Bonchev–Trinajstić information content (AvgIpc) is 2.99. The van der Waals surface area contributed by atoms with Gasteiger partial charge in [0, 0.05) is 24.3 Å². The summed E-state index contributed by atoms with van der Waals surface area (Å²) >= 11 is 0. The smallest absolute Gasteiger partial charge is 0.338 e. The largest absolute Gasteiger partial charge is 0.452 e. The van der Waals surface area contributed by atoms with Gasteiger partial charge in [0.05, 0.1) is 11.3 Å². The van der Waals surface area contributed by atoms with Crippen LogP contribution in [-0.2, 0) is 9.53 Å². The molecule has 1 aliphatic rings. The van der Waals surface area contributed by atoms with Gasteiger partial charge in [-0.3, -0.25) is 4.79 Å². The predicted molar refractivity (Wildman–Crippen MR) is 98.8 cm³/mol. The van der Waals surface area contributed by atoms with E-state index in [0.29, 0.717) is 11.5 Å². The minimum atomic E-state index is -0.484. The van der Waals surface area contributed by atoms with E-state index in [2.05, 4.69) is 16.9 Å². The Bertz CT molecular complexity index is 768. The maximum atomic E-state index is 12.2. The van der Waals surface area contributed by atoms with E-state index in [9.17, 15) is 9.59 Å². The number of aromatic nitrogens is 2. The molecule has 2 heterocycles. The van der Waals surface area contributed by atoms with Crippen molar-refractivity contribution in [1.29, 1.82) is 0 Å². The van der Waals surface area contributed by atoms with Gasteiger partial charge in [0.2, 0.25) is 0 Å². The van der Waals surface area contributed by atoms with Crippen LogP contribution in [0.5, 0.6) is 0 Å². The number of imidazole rings is 1. The van der Waals surface area contributed by atoms with Crippen LogP contribution >= 0.6 is 0 Å². The first-order valence-electron chi connectivity index (χ1n) is 9.02. The van der Waals surface area contributed by atoms with E-state index in [1.54, 1.807) is 17.0 Å². The molecule has 0 atom stereocenters. The van der Waals surface area contributed by atoms with E-state index in [1.165, 1.54) is 0 Å². The van der Waals surface area contributed by atoms with Crippen LogP contribution in [0.3, 0.4) is 0 Å². The van der Waals surface area contributed by atoms with Crippen LogP contribution in [0.1, 0.15) is 41.5 Å². The fourth-order valence-electron chi connectivity index (χ4n) is 3.01. The lowest BCUT2D eigenvalue weighted by Gasteiger charge is -2.30. The number of likely N-dealkylation sites (tertiary alicyclic amines) is 1. The third-order valence-corrected chi connectivity index (χ3v) is 4.99. The number of piperidine rings is 1. The Kier molecular flexibility index (Phi) is 5.40. The SMILES string of the molecule is Cc1nc(-c2ccc(C(=O)OCC(=O)N3CCC(C)CC3)cc2)[nH]c1C. The van der Waals surface area contributed by atoms with Crippen molar-refractivity contribution in [2.75, 3.05) is 19.7 Å². The molecule has 26 heavy (non-hydrogen) atoms. The summed E-state index contributed by atoms with van der Waals surface area (Å²) < 4.78 is 5.19. The normalized spacial score (nSPS) is 15.1. The number of carbonyl (C=O) groups excluding carboxylic acids is 2. The Hall–Kier alpha value is -2.63. The molecule has 0 radical (unpaired) electrons. The molecule has 1 aromatic carbocycles. The lowest BCUT2D eigenvalue weighted by Crippen LogP contribution is -2.40. The van der Waals surface area contributed by atoms with Gasteiger partial charge in [0.15, 0.2) is 6.61 Å². The van der Waals surface area contributed by atoms with E-state index in [4.69, 9.17) is 4.74 Å². The zero-order valence-corrected chi connectivity index (χ0v) is 15.5. The lowest BCUT2D eigenvalue weighted by molar-refractivity contribution is -0.135. The summed E-state index contributed by atoms with van der Waals surface area (Å²) in [6.07, 6.45) is 2.01. The third kappa shape index (κ3) is 4.12. The first kappa shape index (κ1) is 18.2. The highest BCUT2D eigenvalue weighted by Crippen LogP contribution is 2.19. The molecule has 1 fully saturated rings. The Balaban J connectivity index is 1.55. The Labute approximate surface area is 153 Å². The molecule has 0 aliphatic carbocycles. The van der Waals surface area contributed by atoms with Gasteiger partial charge in [-0.1, -0.05) is 19.1 Å². The molecular formula is C20H25N3O3. The van der Waals surface area contributed by atoms with Gasteiger partial charge in [-0.05, 0) is 44.7 Å². The molecule has 3 rings (SSSR count). The van der Waals surface area contributed by atoms with E-state index >= 15 is 0 Å². The lowest BCUT2D eigenvalue weighted by atomic mass is 9.99. The third-order valence-electron chi connectivity index (χ3n) is 4.99. The summed E-state index contributed by atoms with van der Waals surface area (Å²) in [5.41, 5.74) is 3.30. The van der Waals surface area contributed by atoms with Crippen LogP contribution in [-0.4, -0.2) is 46.4 Å². The molecule has 0 bridgehead atoms. The van der Waals surface area contributed by atoms with Gasteiger partial charge in [0.1, 0.15) is 5.82 Å². The topological polar surface area (TPSA) is 75.3 Å². The number of benzene rings is 1. The zero-order chi connectivity index (χ0) is 18.7. The van der Waals surface area contributed by atoms with Crippen LogP contribution in [0.4, 0.5) is 0 Å². The van der Waals surface area contributed by atoms with Crippen LogP contribution in [0, 0.1) is 19.8 Å². The second-order valence-corrected chi connectivity index (χ2v) is 7.01. The average molecular weight is 355 g/mol. The molecule has 0 saturated carbocycles. The number of nitrogens with zero attached hydrogens (tertiary/aromatic N) is 2. The summed E-state index contributed by atoms with van der Waals surface area (Å²) in [6, 6.07) is 7.03. The first-order valence-corrected chi connectivity index (χ1v) is 9.02. The Morgan fingerprint density at radius 2 is 1.85 bits per heavy atom. The highest BCUT2D eigenvalue weighted by atomic mass is 16.5. The van der Waals surface area contributed by atoms with E-state index in [1.807, 2.05) is 26.0 Å². The minimum absolute atomic E-state index is 0.122. The highest BCUT2D eigenvalue weighted by molar-refractivity contribution is 5.91. The number of hydrogen-bond acceptors (Lipinski definition) is 4. The number of nitrogens with one attached hydrogen (secondary N) is 1. The van der Waals surface area contributed by atoms with Crippen molar-refractivity contribution < 1.29 is 14.3 Å². The number of aromatic amines is 1. The summed E-state index contributed by atoms with van der Waals surface area (Å²) in [5.74, 6) is 0.821. The molecule has 1 N–H and O–H groups in total.